The summed E-state index contributed by atoms with van der Waals surface area (Å²) in [7, 11) is 0. The lowest BCUT2D eigenvalue weighted by atomic mass is 9.33. The van der Waals surface area contributed by atoms with Gasteiger partial charge in [-0.2, -0.15) is 0 Å². The highest BCUT2D eigenvalue weighted by Gasteiger charge is 2.74. The molecule has 0 radical (unpaired) electrons. The minimum absolute atomic E-state index is 0.00618. The zero-order valence-corrected chi connectivity index (χ0v) is 28.3. The van der Waals surface area contributed by atoms with Gasteiger partial charge in [0, 0.05) is 0 Å². The molecule has 0 amide bonds. The third kappa shape index (κ3) is 4.35. The quantitative estimate of drug-likeness (QED) is 0.196. The Hall–Kier alpha value is -1.56. The van der Waals surface area contributed by atoms with Gasteiger partial charge in [-0.05, 0) is 104 Å². The Morgan fingerprint density at radius 2 is 1.59 bits per heavy atom. The molecule has 1 aliphatic heterocycles. The summed E-state index contributed by atoms with van der Waals surface area (Å²) in [5, 5.41) is 63.5. The number of aliphatic carboxylic acids is 1. The Labute approximate surface area is 272 Å². The average Bonchev–Trinajstić information content (AvgIpc) is 3.00. The maximum absolute atomic E-state index is 15.1. The molecule has 6 N–H and O–H groups in total. The minimum atomic E-state index is -1.73. The van der Waals surface area contributed by atoms with Gasteiger partial charge in [-0.1, -0.05) is 53.2 Å². The van der Waals surface area contributed by atoms with Crippen LogP contribution in [0.1, 0.15) is 99.3 Å². The molecule has 0 aromatic rings. The Morgan fingerprint density at radius 3 is 2.24 bits per heavy atom. The predicted octanol–water partition coefficient (Wildman–Crippen LogP) is 3.41. The number of ether oxygens (including phenoxy) is 2. The van der Waals surface area contributed by atoms with Crippen molar-refractivity contribution in [1.29, 1.82) is 0 Å². The van der Waals surface area contributed by atoms with Crippen molar-refractivity contribution >= 4 is 11.9 Å². The van der Waals surface area contributed by atoms with E-state index in [-0.39, 0.29) is 46.8 Å². The Balaban J connectivity index is 1.50. The van der Waals surface area contributed by atoms with Crippen molar-refractivity contribution in [2.45, 2.75) is 136 Å². The third-order valence-electron chi connectivity index (χ3n) is 15.3. The molecule has 1 saturated heterocycles. The summed E-state index contributed by atoms with van der Waals surface area (Å²) < 4.78 is 11.8. The van der Waals surface area contributed by atoms with Gasteiger partial charge in [-0.25, -0.2) is 0 Å². The van der Waals surface area contributed by atoms with E-state index in [9.17, 15) is 35.4 Å². The lowest BCUT2D eigenvalue weighted by Crippen LogP contribution is -2.68. The second-order valence-electron chi connectivity index (χ2n) is 17.2. The first-order valence-corrected chi connectivity index (χ1v) is 17.6. The van der Waals surface area contributed by atoms with E-state index in [0.717, 1.165) is 24.8 Å². The Bertz CT molecular complexity index is 1260. The first kappa shape index (κ1) is 34.3. The lowest BCUT2D eigenvalue weighted by molar-refractivity contribution is -0.299. The number of aliphatic hydroxyl groups is 5. The first-order chi connectivity index (χ1) is 21.4. The van der Waals surface area contributed by atoms with Crippen LogP contribution in [0.15, 0.2) is 11.6 Å². The van der Waals surface area contributed by atoms with E-state index in [1.807, 2.05) is 0 Å². The highest BCUT2D eigenvalue weighted by atomic mass is 16.7. The van der Waals surface area contributed by atoms with Gasteiger partial charge in [0.05, 0.1) is 23.5 Å². The number of hydrogen-bond donors (Lipinski definition) is 6. The van der Waals surface area contributed by atoms with Gasteiger partial charge in [0.15, 0.2) is 0 Å². The van der Waals surface area contributed by atoms with Crippen LogP contribution in [0.5, 0.6) is 0 Å². The van der Waals surface area contributed by atoms with Crippen molar-refractivity contribution < 1.29 is 49.7 Å². The predicted molar refractivity (Wildman–Crippen MR) is 167 cm³/mol. The molecule has 6 aliphatic rings. The summed E-state index contributed by atoms with van der Waals surface area (Å²) in [6.45, 7) is 12.4. The Morgan fingerprint density at radius 1 is 0.891 bits per heavy atom. The summed E-state index contributed by atoms with van der Waals surface area (Å²) in [5.41, 5.74) is -2.49. The standard InChI is InChI=1S/C36H56O10/c1-18-9-14-35(30(42)43)15-16-36(31(44)46-29-28(41)27(40)26(39)21(17-37)45-29)20(25(35)19(18)2)7-8-23-33(5)12-11-24(38)32(3,4)22(33)10-13-34(23,36)6/h7,18-19,21-29,37-41H,8-17H2,1-6H3,(H,42,43)/t18-,19+,21-,22+,23-,24+,25+,26-,27+,28-,29+,33+,34-,35+,36-/m1/s1. The number of aliphatic hydroxyl groups excluding tert-OH is 5. The minimum Gasteiger partial charge on any atom is -0.481 e. The summed E-state index contributed by atoms with van der Waals surface area (Å²) in [4.78, 5) is 28.4. The van der Waals surface area contributed by atoms with Crippen molar-refractivity contribution in [2.75, 3.05) is 6.61 Å². The van der Waals surface area contributed by atoms with Crippen LogP contribution in [0.2, 0.25) is 0 Å². The molecule has 4 saturated carbocycles. The third-order valence-corrected chi connectivity index (χ3v) is 15.3. The first-order valence-electron chi connectivity index (χ1n) is 17.6. The van der Waals surface area contributed by atoms with Gasteiger partial charge < -0.3 is 40.1 Å². The maximum atomic E-state index is 15.1. The number of carbonyl (C=O) groups excluding carboxylic acids is 1. The second kappa shape index (κ2) is 11.2. The van der Waals surface area contributed by atoms with Crippen LogP contribution in [-0.2, 0) is 19.1 Å². The molecule has 0 unspecified atom stereocenters. The molecule has 10 nitrogen and oxygen atoms in total. The van der Waals surface area contributed by atoms with E-state index in [0.29, 0.717) is 32.1 Å². The molecule has 0 spiro atoms. The molecule has 5 aliphatic carbocycles. The fourth-order valence-electron chi connectivity index (χ4n) is 12.3. The largest absolute Gasteiger partial charge is 0.481 e. The van der Waals surface area contributed by atoms with Crippen LogP contribution in [0.25, 0.3) is 0 Å². The van der Waals surface area contributed by atoms with Crippen LogP contribution >= 0.6 is 0 Å². The monoisotopic (exact) mass is 648 g/mol. The lowest BCUT2D eigenvalue weighted by Gasteiger charge is -2.70. The van der Waals surface area contributed by atoms with Crippen LogP contribution in [-0.4, -0.2) is 86.0 Å². The highest BCUT2D eigenvalue weighted by molar-refractivity contribution is 5.85. The number of carboxylic acids is 1. The SMILES string of the molecule is C[C@H]1[C@H](C)CC[C@]2(C(=O)O)CC[C@]3(C(=O)O[C@@H]4O[C@H](CO)[C@@H](O)[C@H](O)[C@H]4O)C(=CC[C@@H]4[C@@]5(C)CC[C@H](O)C(C)(C)[C@@H]5CC[C@]43C)[C@H]12. The zero-order valence-electron chi connectivity index (χ0n) is 28.3. The van der Waals surface area contributed by atoms with Crippen molar-refractivity contribution in [3.05, 3.63) is 11.6 Å². The van der Waals surface area contributed by atoms with Gasteiger partial charge in [-0.15, -0.1) is 0 Å². The number of carbonyl (C=O) groups is 2. The van der Waals surface area contributed by atoms with Gasteiger partial charge in [0.2, 0.25) is 6.29 Å². The summed E-state index contributed by atoms with van der Waals surface area (Å²) >= 11 is 0. The summed E-state index contributed by atoms with van der Waals surface area (Å²) in [6, 6.07) is 0. The molecule has 6 rings (SSSR count). The van der Waals surface area contributed by atoms with Gasteiger partial charge in [0.25, 0.3) is 0 Å². The van der Waals surface area contributed by atoms with E-state index < -0.39 is 71.6 Å². The molecule has 0 aromatic carbocycles. The van der Waals surface area contributed by atoms with Crippen molar-refractivity contribution in [3.8, 4) is 0 Å². The van der Waals surface area contributed by atoms with Gasteiger partial charge in [0.1, 0.15) is 24.4 Å². The second-order valence-corrected chi connectivity index (χ2v) is 17.2. The van der Waals surface area contributed by atoms with E-state index in [4.69, 9.17) is 9.47 Å². The molecule has 1 heterocycles. The van der Waals surface area contributed by atoms with Crippen molar-refractivity contribution in [3.63, 3.8) is 0 Å². The number of fused-ring (bicyclic) bond motifs is 7. The number of carboxylic acid groups (broad SMARTS) is 1. The van der Waals surface area contributed by atoms with Crippen molar-refractivity contribution in [2.24, 2.45) is 56.7 Å². The number of rotatable bonds is 4. The molecular weight excluding hydrogens is 592 g/mol. The molecule has 5 fully saturated rings. The molecule has 46 heavy (non-hydrogen) atoms. The molecule has 0 bridgehead atoms. The van der Waals surface area contributed by atoms with E-state index in [1.54, 1.807) is 0 Å². The topological polar surface area (TPSA) is 174 Å². The molecule has 15 atom stereocenters. The smallest absolute Gasteiger partial charge is 0.319 e. The van der Waals surface area contributed by atoms with Gasteiger partial charge >= 0.3 is 11.9 Å². The molecule has 260 valence electrons. The van der Waals surface area contributed by atoms with Crippen LogP contribution in [0, 0.1) is 56.7 Å². The van der Waals surface area contributed by atoms with Crippen LogP contribution in [0.3, 0.4) is 0 Å². The zero-order chi connectivity index (χ0) is 33.8. The highest BCUT2D eigenvalue weighted by Crippen LogP contribution is 2.76. The number of esters is 1. The maximum Gasteiger partial charge on any atom is 0.319 e. The summed E-state index contributed by atoms with van der Waals surface area (Å²) in [5.74, 6) is -1.26. The Kier molecular flexibility index (Phi) is 8.38. The van der Waals surface area contributed by atoms with E-state index >= 15 is 4.79 Å². The van der Waals surface area contributed by atoms with Gasteiger partial charge in [-0.3, -0.25) is 9.59 Å². The normalized spacial score (nSPS) is 53.0. The van der Waals surface area contributed by atoms with Crippen LogP contribution in [0.4, 0.5) is 0 Å². The molecule has 10 heteroatoms. The molecule has 0 aromatic heterocycles. The number of allylic oxidation sites excluding steroid dienone is 1. The number of hydrogen-bond acceptors (Lipinski definition) is 9. The van der Waals surface area contributed by atoms with E-state index in [2.05, 4.69) is 47.6 Å². The van der Waals surface area contributed by atoms with Crippen LogP contribution < -0.4 is 0 Å². The fourth-order valence-corrected chi connectivity index (χ4v) is 12.3. The fraction of sp³-hybridized carbons (Fsp3) is 0.889. The van der Waals surface area contributed by atoms with Crippen molar-refractivity contribution in [1.82, 2.24) is 0 Å². The molecular formula is C36H56O10. The summed E-state index contributed by atoms with van der Waals surface area (Å²) in [6.07, 6.45) is -0.485. The average molecular weight is 649 g/mol. The van der Waals surface area contributed by atoms with E-state index in [1.165, 1.54) is 0 Å².